The second kappa shape index (κ2) is 8.79. The molecule has 6 nitrogen and oxygen atoms in total. The highest BCUT2D eigenvalue weighted by molar-refractivity contribution is 8.00. The summed E-state index contributed by atoms with van der Waals surface area (Å²) in [7, 11) is 1.64. The van der Waals surface area contributed by atoms with Gasteiger partial charge >= 0.3 is 0 Å². The molecule has 0 spiro atoms. The van der Waals surface area contributed by atoms with Crippen molar-refractivity contribution in [1.82, 2.24) is 19.9 Å². The number of amides is 1. The van der Waals surface area contributed by atoms with Crippen molar-refractivity contribution in [2.24, 2.45) is 0 Å². The number of thioether (sulfide) groups is 1. The predicted molar refractivity (Wildman–Crippen MR) is 114 cm³/mol. The highest BCUT2D eigenvalue weighted by atomic mass is 32.2. The zero-order valence-corrected chi connectivity index (χ0v) is 16.7. The second-order valence-corrected chi connectivity index (χ2v) is 7.34. The number of hydrogen-bond acceptors (Lipinski definition) is 5. The van der Waals surface area contributed by atoms with E-state index in [4.69, 9.17) is 4.74 Å². The molecule has 0 saturated carbocycles. The highest BCUT2D eigenvalue weighted by Crippen LogP contribution is 2.27. The van der Waals surface area contributed by atoms with E-state index in [0.29, 0.717) is 12.3 Å². The molecule has 0 unspecified atom stereocenters. The highest BCUT2D eigenvalue weighted by Gasteiger charge is 2.11. The predicted octanol–water partition coefficient (Wildman–Crippen LogP) is 3.81. The van der Waals surface area contributed by atoms with Crippen LogP contribution in [0.2, 0.25) is 0 Å². The van der Waals surface area contributed by atoms with Crippen molar-refractivity contribution in [3.05, 3.63) is 78.6 Å². The fraction of sp³-hybridized carbons (Fsp3) is 0.136. The van der Waals surface area contributed by atoms with E-state index >= 15 is 0 Å². The summed E-state index contributed by atoms with van der Waals surface area (Å²) < 4.78 is 7.00. The molecule has 146 valence electrons. The zero-order chi connectivity index (χ0) is 20.1. The van der Waals surface area contributed by atoms with E-state index in [0.717, 1.165) is 33.1 Å². The van der Waals surface area contributed by atoms with Gasteiger partial charge in [-0.05, 0) is 35.9 Å². The fourth-order valence-corrected chi connectivity index (χ4v) is 3.70. The van der Waals surface area contributed by atoms with Gasteiger partial charge in [-0.1, -0.05) is 42.1 Å². The van der Waals surface area contributed by atoms with Crippen LogP contribution < -0.4 is 10.1 Å². The van der Waals surface area contributed by atoms with Crippen molar-refractivity contribution in [1.29, 1.82) is 0 Å². The number of rotatable bonds is 7. The Kier molecular flexibility index (Phi) is 5.76. The maximum Gasteiger partial charge on any atom is 0.230 e. The molecule has 0 radical (unpaired) electrons. The van der Waals surface area contributed by atoms with Crippen molar-refractivity contribution in [3.63, 3.8) is 0 Å². The molecule has 0 bridgehead atoms. The van der Waals surface area contributed by atoms with E-state index in [1.54, 1.807) is 17.8 Å². The molecule has 1 N–H and O–H groups in total. The summed E-state index contributed by atoms with van der Waals surface area (Å²) >= 11 is 1.40. The van der Waals surface area contributed by atoms with E-state index in [9.17, 15) is 4.79 Å². The first kappa shape index (κ1) is 19.0. The molecule has 7 heteroatoms. The maximum atomic E-state index is 12.2. The summed E-state index contributed by atoms with van der Waals surface area (Å²) in [6.07, 6.45) is 3.50. The number of hydrogen-bond donors (Lipinski definition) is 1. The monoisotopic (exact) mass is 404 g/mol. The van der Waals surface area contributed by atoms with Gasteiger partial charge in [-0.15, -0.1) is 0 Å². The smallest absolute Gasteiger partial charge is 0.230 e. The number of nitrogens with zero attached hydrogens (tertiary/aromatic N) is 3. The normalized spacial score (nSPS) is 10.8. The van der Waals surface area contributed by atoms with Crippen molar-refractivity contribution >= 4 is 23.2 Å². The van der Waals surface area contributed by atoms with E-state index in [1.165, 1.54) is 11.8 Å². The van der Waals surface area contributed by atoms with Crippen LogP contribution in [0.3, 0.4) is 0 Å². The van der Waals surface area contributed by atoms with Crippen molar-refractivity contribution in [2.45, 2.75) is 11.6 Å². The van der Waals surface area contributed by atoms with E-state index in [1.807, 2.05) is 66.9 Å². The van der Waals surface area contributed by atoms with E-state index in [2.05, 4.69) is 15.4 Å². The lowest BCUT2D eigenvalue weighted by Gasteiger charge is -2.05. The van der Waals surface area contributed by atoms with E-state index < -0.39 is 0 Å². The largest absolute Gasteiger partial charge is 0.497 e. The molecule has 29 heavy (non-hydrogen) atoms. The SMILES string of the molecule is COc1ccc(-c2cc3c(SCC(=O)NCc4ccccc4)nccn3n2)cc1. The van der Waals surface area contributed by atoms with Gasteiger partial charge in [-0.2, -0.15) is 5.10 Å². The molecule has 1 amide bonds. The molecule has 4 rings (SSSR count). The van der Waals surface area contributed by atoms with Crippen molar-refractivity contribution < 1.29 is 9.53 Å². The van der Waals surface area contributed by atoms with Crippen LogP contribution in [0.4, 0.5) is 0 Å². The van der Waals surface area contributed by atoms with Gasteiger partial charge in [0.15, 0.2) is 0 Å². The number of carbonyl (C=O) groups excluding carboxylic acids is 1. The molecule has 0 saturated heterocycles. The Morgan fingerprint density at radius 1 is 1.14 bits per heavy atom. The first-order valence-electron chi connectivity index (χ1n) is 9.15. The first-order valence-corrected chi connectivity index (χ1v) is 10.1. The van der Waals surface area contributed by atoms with Crippen LogP contribution in [0, 0.1) is 0 Å². The quantitative estimate of drug-likeness (QED) is 0.475. The zero-order valence-electron chi connectivity index (χ0n) is 15.9. The first-order chi connectivity index (χ1) is 14.2. The van der Waals surface area contributed by atoms with Gasteiger partial charge in [-0.25, -0.2) is 9.50 Å². The third-order valence-corrected chi connectivity index (χ3v) is 5.41. The fourth-order valence-electron chi connectivity index (χ4n) is 2.89. The Hall–Kier alpha value is -3.32. The minimum absolute atomic E-state index is 0.0300. The van der Waals surface area contributed by atoms with Crippen molar-refractivity contribution in [3.8, 4) is 17.0 Å². The topological polar surface area (TPSA) is 68.5 Å². The molecule has 0 aliphatic carbocycles. The van der Waals surface area contributed by atoms with Crippen LogP contribution >= 0.6 is 11.8 Å². The number of nitrogens with one attached hydrogen (secondary N) is 1. The third-order valence-electron chi connectivity index (χ3n) is 4.41. The van der Waals surface area contributed by atoms with Gasteiger partial charge in [0.1, 0.15) is 10.8 Å². The maximum absolute atomic E-state index is 12.2. The number of methoxy groups -OCH3 is 1. The van der Waals surface area contributed by atoms with Crippen molar-refractivity contribution in [2.75, 3.05) is 12.9 Å². The Morgan fingerprint density at radius 2 is 1.93 bits per heavy atom. The van der Waals surface area contributed by atoms with Crippen LogP contribution in [0.25, 0.3) is 16.8 Å². The van der Waals surface area contributed by atoms with Gasteiger partial charge in [-0.3, -0.25) is 4.79 Å². The lowest BCUT2D eigenvalue weighted by molar-refractivity contribution is -0.118. The standard InChI is InChI=1S/C22H20N4O2S/c1-28-18-9-7-17(8-10-18)19-13-20-22(23-11-12-26(20)25-19)29-15-21(27)24-14-16-5-3-2-4-6-16/h2-13H,14-15H2,1H3,(H,24,27). The summed E-state index contributed by atoms with van der Waals surface area (Å²) in [6, 6.07) is 19.6. The summed E-state index contributed by atoms with van der Waals surface area (Å²) in [5.41, 5.74) is 3.78. The molecular formula is C22H20N4O2S. The molecule has 0 aliphatic rings. The number of benzene rings is 2. The molecule has 0 atom stereocenters. The lowest BCUT2D eigenvalue weighted by atomic mass is 10.1. The molecular weight excluding hydrogens is 384 g/mol. The summed E-state index contributed by atoms with van der Waals surface area (Å²) in [4.78, 5) is 16.7. The number of carbonyl (C=O) groups is 1. The average molecular weight is 404 g/mol. The molecule has 2 heterocycles. The number of aromatic nitrogens is 3. The Balaban J connectivity index is 1.44. The summed E-state index contributed by atoms with van der Waals surface area (Å²) in [5, 5.41) is 8.33. The van der Waals surface area contributed by atoms with Gasteiger partial charge in [0.25, 0.3) is 0 Å². The second-order valence-electron chi connectivity index (χ2n) is 6.37. The molecule has 2 aromatic carbocycles. The molecule has 2 aromatic heterocycles. The number of fused-ring (bicyclic) bond motifs is 1. The molecule has 0 aliphatic heterocycles. The third kappa shape index (κ3) is 4.57. The minimum Gasteiger partial charge on any atom is -0.497 e. The summed E-state index contributed by atoms with van der Waals surface area (Å²) in [6.45, 7) is 0.520. The van der Waals surface area contributed by atoms with Crippen LogP contribution in [-0.4, -0.2) is 33.4 Å². The lowest BCUT2D eigenvalue weighted by Crippen LogP contribution is -2.24. The van der Waals surface area contributed by atoms with Crippen LogP contribution in [0.1, 0.15) is 5.56 Å². The van der Waals surface area contributed by atoms with Gasteiger partial charge in [0.2, 0.25) is 5.91 Å². The van der Waals surface area contributed by atoms with Crippen LogP contribution in [0.5, 0.6) is 5.75 Å². The molecule has 4 aromatic rings. The van der Waals surface area contributed by atoms with Gasteiger partial charge in [0.05, 0.1) is 24.1 Å². The van der Waals surface area contributed by atoms with E-state index in [-0.39, 0.29) is 5.91 Å². The Bertz CT molecular complexity index is 1110. The Morgan fingerprint density at radius 3 is 2.69 bits per heavy atom. The molecule has 0 fully saturated rings. The van der Waals surface area contributed by atoms with Crippen LogP contribution in [-0.2, 0) is 11.3 Å². The average Bonchev–Trinajstić information content (AvgIpc) is 3.22. The van der Waals surface area contributed by atoms with Gasteiger partial charge in [0, 0.05) is 24.5 Å². The minimum atomic E-state index is -0.0300. The summed E-state index contributed by atoms with van der Waals surface area (Å²) in [5.74, 6) is 1.07. The van der Waals surface area contributed by atoms with Crippen LogP contribution in [0.15, 0.2) is 78.1 Å². The van der Waals surface area contributed by atoms with Gasteiger partial charge < -0.3 is 10.1 Å². The Labute approximate surface area is 172 Å². The number of ether oxygens (including phenoxy) is 1.